The minimum Gasteiger partial charge on any atom is -0.316 e. The van der Waals surface area contributed by atoms with Crippen LogP contribution in [0.1, 0.15) is 27.7 Å². The molecule has 1 unspecified atom stereocenters. The Balaban J connectivity index is 3.39. The lowest BCUT2D eigenvalue weighted by Gasteiger charge is -2.23. The molecule has 2 nitrogen and oxygen atoms in total. The van der Waals surface area contributed by atoms with Crippen molar-refractivity contribution in [1.29, 1.82) is 0 Å². The fourth-order valence-electron chi connectivity index (χ4n) is 0.683. The van der Waals surface area contributed by atoms with Gasteiger partial charge in [-0.2, -0.15) is 0 Å². The first-order valence-corrected chi connectivity index (χ1v) is 2.95. The van der Waals surface area contributed by atoms with E-state index in [9.17, 15) is 0 Å². The molecule has 0 aromatic rings. The predicted molar refractivity (Wildman–Crippen MR) is 36.5 cm³/mol. The molecule has 0 aromatic carbocycles. The zero-order chi connectivity index (χ0) is 6.78. The van der Waals surface area contributed by atoms with Crippen molar-refractivity contribution in [2.75, 3.05) is 0 Å². The summed E-state index contributed by atoms with van der Waals surface area (Å²) in [5.41, 5.74) is 5.61. The van der Waals surface area contributed by atoms with Crippen molar-refractivity contribution < 1.29 is 0 Å². The molecule has 0 heterocycles. The van der Waals surface area contributed by atoms with Gasteiger partial charge in [-0.25, -0.2) is 0 Å². The van der Waals surface area contributed by atoms with Gasteiger partial charge in [0.05, 0.1) is 6.17 Å². The van der Waals surface area contributed by atoms with E-state index < -0.39 is 0 Å². The molecule has 0 aliphatic heterocycles. The molecule has 0 bridgehead atoms. The Hall–Kier alpha value is -0.0800. The van der Waals surface area contributed by atoms with Gasteiger partial charge in [-0.3, -0.25) is 5.32 Å². The highest BCUT2D eigenvalue weighted by Gasteiger charge is 2.09. The first-order valence-electron chi connectivity index (χ1n) is 2.95. The van der Waals surface area contributed by atoms with Gasteiger partial charge < -0.3 is 5.73 Å². The van der Waals surface area contributed by atoms with E-state index in [2.05, 4.69) is 26.1 Å². The fourth-order valence-corrected chi connectivity index (χ4v) is 0.683. The van der Waals surface area contributed by atoms with Gasteiger partial charge in [-0.05, 0) is 27.7 Å². The first kappa shape index (κ1) is 7.92. The normalized spacial score (nSPS) is 16.1. The lowest BCUT2D eigenvalue weighted by molar-refractivity contribution is 0.378. The molecule has 0 saturated carbocycles. The Labute approximate surface area is 51.5 Å². The first-order chi connectivity index (χ1) is 3.42. The standard InChI is InChI=1S/C6H16N2/c1-5(7)8-6(2,3)4/h5,8H,7H2,1-4H3. The van der Waals surface area contributed by atoms with Crippen molar-refractivity contribution in [2.45, 2.75) is 39.4 Å². The summed E-state index contributed by atoms with van der Waals surface area (Å²) in [5, 5.41) is 3.16. The van der Waals surface area contributed by atoms with Crippen LogP contribution in [0.4, 0.5) is 0 Å². The summed E-state index contributed by atoms with van der Waals surface area (Å²) in [6, 6.07) is 0. The summed E-state index contributed by atoms with van der Waals surface area (Å²) in [4.78, 5) is 0. The van der Waals surface area contributed by atoms with Crippen molar-refractivity contribution >= 4 is 0 Å². The molecule has 0 aliphatic carbocycles. The van der Waals surface area contributed by atoms with Gasteiger partial charge in [0.1, 0.15) is 0 Å². The van der Waals surface area contributed by atoms with Gasteiger partial charge in [0.25, 0.3) is 0 Å². The van der Waals surface area contributed by atoms with E-state index in [4.69, 9.17) is 5.73 Å². The Morgan fingerprint density at radius 3 is 1.75 bits per heavy atom. The van der Waals surface area contributed by atoms with Gasteiger partial charge in [0, 0.05) is 5.54 Å². The van der Waals surface area contributed by atoms with Crippen LogP contribution >= 0.6 is 0 Å². The molecular weight excluding hydrogens is 100 g/mol. The molecule has 2 heteroatoms. The molecule has 0 spiro atoms. The average molecular weight is 116 g/mol. The van der Waals surface area contributed by atoms with Crippen LogP contribution in [0.15, 0.2) is 0 Å². The third kappa shape index (κ3) is 5.92. The molecular formula is C6H16N2. The van der Waals surface area contributed by atoms with E-state index in [1.165, 1.54) is 0 Å². The molecule has 0 fully saturated rings. The zero-order valence-electron chi connectivity index (χ0n) is 6.15. The lowest BCUT2D eigenvalue weighted by Crippen LogP contribution is -2.46. The molecule has 0 saturated heterocycles. The summed E-state index contributed by atoms with van der Waals surface area (Å²) >= 11 is 0. The summed E-state index contributed by atoms with van der Waals surface area (Å²) in [5.74, 6) is 0. The maximum atomic E-state index is 5.47. The minimum absolute atomic E-state index is 0.0926. The van der Waals surface area contributed by atoms with E-state index in [1.54, 1.807) is 0 Å². The van der Waals surface area contributed by atoms with Gasteiger partial charge in [-0.15, -0.1) is 0 Å². The van der Waals surface area contributed by atoms with Crippen LogP contribution in [0.2, 0.25) is 0 Å². The van der Waals surface area contributed by atoms with Crippen LogP contribution in [-0.4, -0.2) is 11.7 Å². The quantitative estimate of drug-likeness (QED) is 0.494. The highest BCUT2D eigenvalue weighted by Crippen LogP contribution is 1.97. The number of rotatable bonds is 1. The number of nitrogens with two attached hydrogens (primary N) is 1. The Bertz CT molecular complexity index is 61.4. The summed E-state index contributed by atoms with van der Waals surface area (Å²) in [7, 11) is 0. The van der Waals surface area contributed by atoms with Crippen LogP contribution in [0, 0.1) is 0 Å². The van der Waals surface area contributed by atoms with E-state index in [1.807, 2.05) is 6.92 Å². The Morgan fingerprint density at radius 1 is 1.38 bits per heavy atom. The third-order valence-corrected chi connectivity index (χ3v) is 0.661. The average Bonchev–Trinajstić information content (AvgIpc) is 1.21. The summed E-state index contributed by atoms with van der Waals surface area (Å²) < 4.78 is 0. The molecule has 0 aromatic heterocycles. The second-order valence-electron chi connectivity index (χ2n) is 3.18. The maximum absolute atomic E-state index is 5.47. The van der Waals surface area contributed by atoms with Gasteiger partial charge in [-0.1, -0.05) is 0 Å². The SMILES string of the molecule is CC(N)NC(C)(C)C. The maximum Gasteiger partial charge on any atom is 0.0521 e. The highest BCUT2D eigenvalue weighted by atomic mass is 15.1. The van der Waals surface area contributed by atoms with Crippen LogP contribution < -0.4 is 11.1 Å². The number of hydrogen-bond donors (Lipinski definition) is 2. The van der Waals surface area contributed by atoms with E-state index in [-0.39, 0.29) is 11.7 Å². The van der Waals surface area contributed by atoms with Crippen LogP contribution in [-0.2, 0) is 0 Å². The van der Waals surface area contributed by atoms with Crippen LogP contribution in [0.5, 0.6) is 0 Å². The van der Waals surface area contributed by atoms with Crippen molar-refractivity contribution in [1.82, 2.24) is 5.32 Å². The fraction of sp³-hybridized carbons (Fsp3) is 1.00. The Kier molecular flexibility index (Phi) is 2.44. The Morgan fingerprint density at radius 2 is 1.75 bits per heavy atom. The second kappa shape index (κ2) is 2.46. The summed E-state index contributed by atoms with van der Waals surface area (Å²) in [6.07, 6.45) is 0.0926. The minimum atomic E-state index is 0.0926. The molecule has 1 atom stereocenters. The van der Waals surface area contributed by atoms with Crippen molar-refractivity contribution in [2.24, 2.45) is 5.73 Å². The number of nitrogens with one attached hydrogen (secondary N) is 1. The predicted octanol–water partition coefficient (Wildman–Crippen LogP) is 0.679. The van der Waals surface area contributed by atoms with Gasteiger partial charge in [0.2, 0.25) is 0 Å². The number of hydrogen-bond acceptors (Lipinski definition) is 2. The van der Waals surface area contributed by atoms with E-state index in [0.29, 0.717) is 0 Å². The van der Waals surface area contributed by atoms with E-state index >= 15 is 0 Å². The van der Waals surface area contributed by atoms with E-state index in [0.717, 1.165) is 0 Å². The largest absolute Gasteiger partial charge is 0.316 e. The molecule has 0 radical (unpaired) electrons. The molecule has 0 amide bonds. The highest BCUT2D eigenvalue weighted by molar-refractivity contribution is 4.71. The van der Waals surface area contributed by atoms with Crippen molar-refractivity contribution in [3.05, 3.63) is 0 Å². The summed E-state index contributed by atoms with van der Waals surface area (Å²) in [6.45, 7) is 8.22. The van der Waals surface area contributed by atoms with Gasteiger partial charge in [0.15, 0.2) is 0 Å². The second-order valence-corrected chi connectivity index (χ2v) is 3.18. The van der Waals surface area contributed by atoms with Crippen molar-refractivity contribution in [3.63, 3.8) is 0 Å². The molecule has 50 valence electrons. The lowest BCUT2D eigenvalue weighted by atomic mass is 10.1. The van der Waals surface area contributed by atoms with Gasteiger partial charge >= 0.3 is 0 Å². The molecule has 3 N–H and O–H groups in total. The molecule has 8 heavy (non-hydrogen) atoms. The smallest absolute Gasteiger partial charge is 0.0521 e. The zero-order valence-corrected chi connectivity index (χ0v) is 6.15. The topological polar surface area (TPSA) is 38.0 Å². The monoisotopic (exact) mass is 116 g/mol. The molecule has 0 rings (SSSR count). The van der Waals surface area contributed by atoms with Crippen LogP contribution in [0.3, 0.4) is 0 Å². The molecule has 0 aliphatic rings. The van der Waals surface area contributed by atoms with Crippen molar-refractivity contribution in [3.8, 4) is 0 Å². The third-order valence-electron chi connectivity index (χ3n) is 0.661. The van der Waals surface area contributed by atoms with Crippen LogP contribution in [0.25, 0.3) is 0 Å².